The van der Waals surface area contributed by atoms with Crippen molar-refractivity contribution in [2.75, 3.05) is 26.7 Å². The highest BCUT2D eigenvalue weighted by atomic mass is 19.1. The smallest absolute Gasteiger partial charge is 0.407 e. The van der Waals surface area contributed by atoms with E-state index in [9.17, 15) is 9.18 Å². The Balaban J connectivity index is 1.76. The normalized spacial score (nSPS) is 15.4. The maximum Gasteiger partial charge on any atom is 0.407 e. The van der Waals surface area contributed by atoms with Crippen LogP contribution >= 0.6 is 0 Å². The number of alkyl carbamates (subject to hydrolysis) is 1. The van der Waals surface area contributed by atoms with Crippen molar-refractivity contribution in [3.05, 3.63) is 29.6 Å². The molecule has 0 heterocycles. The second-order valence-electron chi connectivity index (χ2n) is 8.24. The highest BCUT2D eigenvalue weighted by Gasteiger charge is 2.22. The highest BCUT2D eigenvalue weighted by Crippen LogP contribution is 2.30. The maximum atomic E-state index is 14.3. The third-order valence-corrected chi connectivity index (χ3v) is 4.29. The van der Waals surface area contributed by atoms with E-state index in [4.69, 9.17) is 9.47 Å². The molecule has 0 saturated heterocycles. The number of hydrogen-bond donors (Lipinski definition) is 3. The van der Waals surface area contributed by atoms with Crippen LogP contribution in [0.25, 0.3) is 0 Å². The molecule has 1 atom stereocenters. The summed E-state index contributed by atoms with van der Waals surface area (Å²) in [4.78, 5) is 15.8. The SMILES string of the molecule is CN=C(NCCNC(=O)OC(C)(C)C)NC(C)c1ccc(OCC2CC2)c(F)c1. The lowest BCUT2D eigenvalue weighted by molar-refractivity contribution is 0.0529. The van der Waals surface area contributed by atoms with Crippen LogP contribution in [-0.2, 0) is 4.74 Å². The van der Waals surface area contributed by atoms with Crippen LogP contribution < -0.4 is 20.7 Å². The van der Waals surface area contributed by atoms with Crippen molar-refractivity contribution in [3.63, 3.8) is 0 Å². The van der Waals surface area contributed by atoms with E-state index in [1.807, 2.05) is 33.8 Å². The van der Waals surface area contributed by atoms with E-state index < -0.39 is 11.7 Å². The van der Waals surface area contributed by atoms with Gasteiger partial charge in [-0.05, 0) is 64.2 Å². The molecule has 1 amide bonds. The zero-order chi connectivity index (χ0) is 21.4. The standard InChI is InChI=1S/C21H33FN4O3/c1-14(16-8-9-18(17(22)12-16)28-13-15-6-7-15)26-19(23-5)24-10-11-25-20(27)29-21(2,3)4/h8-9,12,14-15H,6-7,10-11,13H2,1-5H3,(H,25,27)(H2,23,24,26). The molecular weight excluding hydrogens is 375 g/mol. The first-order chi connectivity index (χ1) is 13.7. The van der Waals surface area contributed by atoms with Crippen molar-refractivity contribution in [2.24, 2.45) is 10.9 Å². The second kappa shape index (κ2) is 10.3. The first kappa shape index (κ1) is 22.8. The van der Waals surface area contributed by atoms with Crippen LogP contribution in [0.15, 0.2) is 23.2 Å². The van der Waals surface area contributed by atoms with Crippen LogP contribution in [0.4, 0.5) is 9.18 Å². The van der Waals surface area contributed by atoms with Crippen molar-refractivity contribution in [2.45, 2.75) is 52.2 Å². The molecule has 0 aromatic heterocycles. The molecule has 162 valence electrons. The summed E-state index contributed by atoms with van der Waals surface area (Å²) in [5.74, 6) is 1.07. The van der Waals surface area contributed by atoms with Crippen LogP contribution in [0.5, 0.6) is 5.75 Å². The van der Waals surface area contributed by atoms with Crippen molar-refractivity contribution in [1.82, 2.24) is 16.0 Å². The van der Waals surface area contributed by atoms with Gasteiger partial charge in [-0.25, -0.2) is 9.18 Å². The number of nitrogens with zero attached hydrogens (tertiary/aromatic N) is 1. The van der Waals surface area contributed by atoms with Crippen LogP contribution in [0, 0.1) is 11.7 Å². The van der Waals surface area contributed by atoms with E-state index in [0.29, 0.717) is 37.3 Å². The van der Waals surface area contributed by atoms with Gasteiger partial charge in [-0.15, -0.1) is 0 Å². The lowest BCUT2D eigenvalue weighted by atomic mass is 10.1. The topological polar surface area (TPSA) is 84.0 Å². The number of nitrogens with one attached hydrogen (secondary N) is 3. The first-order valence-corrected chi connectivity index (χ1v) is 10.0. The maximum absolute atomic E-state index is 14.3. The number of rotatable bonds is 8. The molecule has 29 heavy (non-hydrogen) atoms. The molecule has 1 unspecified atom stereocenters. The predicted octanol–water partition coefficient (Wildman–Crippen LogP) is 3.37. The quantitative estimate of drug-likeness (QED) is 0.349. The molecule has 1 aromatic carbocycles. The number of ether oxygens (including phenoxy) is 2. The van der Waals surface area contributed by atoms with E-state index in [-0.39, 0.29) is 11.9 Å². The number of benzene rings is 1. The molecule has 7 nitrogen and oxygen atoms in total. The van der Waals surface area contributed by atoms with Gasteiger partial charge >= 0.3 is 6.09 Å². The Morgan fingerprint density at radius 1 is 1.28 bits per heavy atom. The predicted molar refractivity (Wildman–Crippen MR) is 112 cm³/mol. The van der Waals surface area contributed by atoms with Crippen LogP contribution in [-0.4, -0.2) is 44.4 Å². The molecule has 3 N–H and O–H groups in total. The Morgan fingerprint density at radius 3 is 2.55 bits per heavy atom. The summed E-state index contributed by atoms with van der Waals surface area (Å²) in [6.45, 7) is 8.79. The minimum Gasteiger partial charge on any atom is -0.490 e. The number of hydrogen-bond acceptors (Lipinski definition) is 4. The average Bonchev–Trinajstić information content (AvgIpc) is 3.46. The molecule has 2 rings (SSSR count). The molecular formula is C21H33FN4O3. The van der Waals surface area contributed by atoms with Gasteiger partial charge in [0, 0.05) is 20.1 Å². The molecule has 8 heteroatoms. The Morgan fingerprint density at radius 2 is 1.97 bits per heavy atom. The number of aliphatic imine (C=N–C) groups is 1. The minimum absolute atomic E-state index is 0.160. The van der Waals surface area contributed by atoms with Gasteiger partial charge in [-0.3, -0.25) is 4.99 Å². The third kappa shape index (κ3) is 8.58. The Kier molecular flexibility index (Phi) is 8.10. The van der Waals surface area contributed by atoms with Crippen molar-refractivity contribution in [3.8, 4) is 5.75 Å². The Bertz CT molecular complexity index is 714. The van der Waals surface area contributed by atoms with E-state index in [0.717, 1.165) is 5.56 Å². The van der Waals surface area contributed by atoms with Gasteiger partial charge < -0.3 is 25.4 Å². The van der Waals surface area contributed by atoms with E-state index >= 15 is 0 Å². The number of carbonyl (C=O) groups is 1. The zero-order valence-electron chi connectivity index (χ0n) is 18.0. The number of amides is 1. The van der Waals surface area contributed by atoms with Crippen LogP contribution in [0.1, 0.15) is 52.1 Å². The number of carbonyl (C=O) groups excluding carboxylic acids is 1. The van der Waals surface area contributed by atoms with Crippen LogP contribution in [0.2, 0.25) is 0 Å². The Labute approximate surface area is 172 Å². The van der Waals surface area contributed by atoms with Crippen molar-refractivity contribution >= 4 is 12.1 Å². The lowest BCUT2D eigenvalue weighted by Gasteiger charge is -2.21. The summed E-state index contributed by atoms with van der Waals surface area (Å²) in [6.07, 6.45) is 1.87. The zero-order valence-corrected chi connectivity index (χ0v) is 18.0. The van der Waals surface area contributed by atoms with Gasteiger partial charge in [0.15, 0.2) is 17.5 Å². The van der Waals surface area contributed by atoms with E-state index in [1.54, 1.807) is 13.1 Å². The summed E-state index contributed by atoms with van der Waals surface area (Å²) in [6, 6.07) is 4.84. The average molecular weight is 409 g/mol. The fraction of sp³-hybridized carbons (Fsp3) is 0.619. The van der Waals surface area contributed by atoms with E-state index in [1.165, 1.54) is 18.9 Å². The van der Waals surface area contributed by atoms with Gasteiger partial charge in [-0.2, -0.15) is 0 Å². The summed E-state index contributed by atoms with van der Waals surface area (Å²) in [5.41, 5.74) is 0.259. The fourth-order valence-corrected chi connectivity index (χ4v) is 2.54. The molecule has 1 aliphatic rings. The van der Waals surface area contributed by atoms with Gasteiger partial charge in [0.25, 0.3) is 0 Å². The summed E-state index contributed by atoms with van der Waals surface area (Å²) in [7, 11) is 1.65. The van der Waals surface area contributed by atoms with E-state index in [2.05, 4.69) is 20.9 Å². The van der Waals surface area contributed by atoms with Crippen molar-refractivity contribution < 1.29 is 18.7 Å². The summed E-state index contributed by atoms with van der Waals surface area (Å²) >= 11 is 0. The molecule has 0 bridgehead atoms. The molecule has 0 radical (unpaired) electrons. The van der Waals surface area contributed by atoms with Crippen molar-refractivity contribution in [1.29, 1.82) is 0 Å². The molecule has 1 saturated carbocycles. The molecule has 0 aliphatic heterocycles. The molecule has 1 aromatic rings. The fourth-order valence-electron chi connectivity index (χ4n) is 2.54. The third-order valence-electron chi connectivity index (χ3n) is 4.29. The van der Waals surface area contributed by atoms with Crippen LogP contribution in [0.3, 0.4) is 0 Å². The van der Waals surface area contributed by atoms with Gasteiger partial charge in [0.1, 0.15) is 5.60 Å². The lowest BCUT2D eigenvalue weighted by Crippen LogP contribution is -2.43. The molecule has 0 spiro atoms. The summed E-state index contributed by atoms with van der Waals surface area (Å²) in [5, 5.41) is 8.98. The Hall–Kier alpha value is -2.51. The number of halogens is 1. The highest BCUT2D eigenvalue weighted by molar-refractivity contribution is 5.80. The molecule has 1 fully saturated rings. The summed E-state index contributed by atoms with van der Waals surface area (Å²) < 4.78 is 25.0. The van der Waals surface area contributed by atoms with Gasteiger partial charge in [-0.1, -0.05) is 6.07 Å². The van der Waals surface area contributed by atoms with Gasteiger partial charge in [0.2, 0.25) is 0 Å². The monoisotopic (exact) mass is 408 g/mol. The number of guanidine groups is 1. The minimum atomic E-state index is -0.529. The largest absolute Gasteiger partial charge is 0.490 e. The first-order valence-electron chi connectivity index (χ1n) is 10.0. The molecule has 1 aliphatic carbocycles. The van der Waals surface area contributed by atoms with Gasteiger partial charge in [0.05, 0.1) is 12.6 Å². The second-order valence-corrected chi connectivity index (χ2v) is 8.24.